The highest BCUT2D eigenvalue weighted by molar-refractivity contribution is 6.04. The van der Waals surface area contributed by atoms with Gasteiger partial charge in [-0.2, -0.15) is 0 Å². The maximum Gasteiger partial charge on any atom is 0.357 e. The molecule has 0 aliphatic carbocycles. The molecule has 2 aromatic rings. The van der Waals surface area contributed by atoms with Gasteiger partial charge in [0.2, 0.25) is 0 Å². The number of nitrogens with zero attached hydrogens (tertiary/aromatic N) is 2. The predicted molar refractivity (Wildman–Crippen MR) is 122 cm³/mol. The van der Waals surface area contributed by atoms with Gasteiger partial charge in [0, 0.05) is 11.4 Å². The van der Waals surface area contributed by atoms with E-state index in [-0.39, 0.29) is 31.2 Å². The van der Waals surface area contributed by atoms with Gasteiger partial charge >= 0.3 is 11.9 Å². The molecule has 0 unspecified atom stereocenters. The average molecular weight is 437 g/mol. The molecule has 0 saturated heterocycles. The zero-order valence-corrected chi connectivity index (χ0v) is 18.8. The smallest absolute Gasteiger partial charge is 0.357 e. The predicted octanol–water partition coefficient (Wildman–Crippen LogP) is 4.09. The first kappa shape index (κ1) is 23.1. The van der Waals surface area contributed by atoms with Gasteiger partial charge in [-0.1, -0.05) is 30.3 Å². The molecule has 0 radical (unpaired) electrons. The van der Waals surface area contributed by atoms with Crippen LogP contribution >= 0.6 is 0 Å². The normalized spacial score (nSPS) is 14.0. The molecule has 0 bridgehead atoms. The number of hydrogen-bond donors (Lipinski definition) is 1. The summed E-state index contributed by atoms with van der Waals surface area (Å²) >= 11 is 0. The molecular weight excluding hydrogens is 408 g/mol. The van der Waals surface area contributed by atoms with Crippen LogP contribution in [0.4, 0.5) is 11.4 Å². The Morgan fingerprint density at radius 2 is 1.22 bits per heavy atom. The van der Waals surface area contributed by atoms with Crippen molar-refractivity contribution in [3.05, 3.63) is 82.9 Å². The molecule has 168 valence electrons. The number of anilines is 2. The van der Waals surface area contributed by atoms with Gasteiger partial charge in [0.1, 0.15) is 0 Å². The van der Waals surface area contributed by atoms with E-state index in [1.807, 2.05) is 61.2 Å². The third kappa shape index (κ3) is 4.38. The van der Waals surface area contributed by atoms with E-state index in [1.165, 1.54) is 0 Å². The Morgan fingerprint density at radius 3 is 1.66 bits per heavy atom. The molecule has 1 aliphatic heterocycles. The molecule has 1 heterocycles. The number of rotatable bonds is 7. The summed E-state index contributed by atoms with van der Waals surface area (Å²) in [6.07, 6.45) is 0. The SMILES string of the molecule is CCOC(=O)C1=C(C)N(c2ccc(CO)cc2)C(C)=C(C(=O)OCC)N1c1ccccc1. The average Bonchev–Trinajstić information content (AvgIpc) is 2.80. The van der Waals surface area contributed by atoms with Crippen molar-refractivity contribution in [2.45, 2.75) is 34.3 Å². The zero-order valence-electron chi connectivity index (χ0n) is 18.8. The number of allylic oxidation sites excluding steroid dienone is 2. The van der Waals surface area contributed by atoms with Gasteiger partial charge < -0.3 is 19.5 Å². The number of hydrogen-bond acceptors (Lipinski definition) is 7. The Kier molecular flexibility index (Phi) is 7.33. The standard InChI is InChI=1S/C25H28N2O5/c1-5-31-24(29)22-17(3)26(21-14-12-19(16-28)13-15-21)18(4)23(25(30)32-6-2)27(22)20-10-8-7-9-11-20/h7-15,28H,5-6,16H2,1-4H3. The van der Waals surface area contributed by atoms with Crippen molar-refractivity contribution >= 4 is 23.3 Å². The summed E-state index contributed by atoms with van der Waals surface area (Å²) in [5, 5.41) is 9.39. The molecule has 1 aliphatic rings. The van der Waals surface area contributed by atoms with Gasteiger partial charge in [0.25, 0.3) is 0 Å². The Morgan fingerprint density at radius 1 is 0.750 bits per heavy atom. The van der Waals surface area contributed by atoms with Crippen LogP contribution in [0.15, 0.2) is 77.4 Å². The third-order valence-electron chi connectivity index (χ3n) is 5.13. The van der Waals surface area contributed by atoms with Gasteiger partial charge in [-0.3, -0.25) is 4.90 Å². The lowest BCUT2D eigenvalue weighted by Crippen LogP contribution is -2.42. The van der Waals surface area contributed by atoms with Crippen molar-refractivity contribution in [3.63, 3.8) is 0 Å². The maximum absolute atomic E-state index is 13.1. The monoisotopic (exact) mass is 436 g/mol. The zero-order chi connectivity index (χ0) is 23.3. The molecule has 32 heavy (non-hydrogen) atoms. The van der Waals surface area contributed by atoms with Crippen LogP contribution in [0.25, 0.3) is 0 Å². The largest absolute Gasteiger partial charge is 0.461 e. The molecule has 0 atom stereocenters. The molecule has 7 nitrogen and oxygen atoms in total. The van der Waals surface area contributed by atoms with Gasteiger partial charge in [-0.05, 0) is 57.5 Å². The summed E-state index contributed by atoms with van der Waals surface area (Å²) < 4.78 is 10.7. The molecule has 3 rings (SSSR count). The number of ether oxygens (including phenoxy) is 2. The fourth-order valence-electron chi connectivity index (χ4n) is 3.75. The van der Waals surface area contributed by atoms with E-state index < -0.39 is 11.9 Å². The molecule has 0 aromatic heterocycles. The highest BCUT2D eigenvalue weighted by Gasteiger charge is 2.39. The van der Waals surface area contributed by atoms with Crippen LogP contribution in [0.5, 0.6) is 0 Å². The van der Waals surface area contributed by atoms with Crippen LogP contribution in [-0.2, 0) is 25.7 Å². The molecule has 0 spiro atoms. The second-order valence-corrected chi connectivity index (χ2v) is 7.14. The molecule has 0 fully saturated rings. The third-order valence-corrected chi connectivity index (χ3v) is 5.13. The first-order valence-electron chi connectivity index (χ1n) is 10.6. The fraction of sp³-hybridized carbons (Fsp3) is 0.280. The summed E-state index contributed by atoms with van der Waals surface area (Å²) in [5.74, 6) is -1.08. The van der Waals surface area contributed by atoms with Crippen molar-refractivity contribution in [2.24, 2.45) is 0 Å². The van der Waals surface area contributed by atoms with Crippen molar-refractivity contribution < 1.29 is 24.2 Å². The Hall–Kier alpha value is -3.58. The quantitative estimate of drug-likeness (QED) is 0.655. The molecule has 0 saturated carbocycles. The van der Waals surface area contributed by atoms with E-state index in [4.69, 9.17) is 9.47 Å². The Labute approximate surface area is 188 Å². The van der Waals surface area contributed by atoms with Crippen molar-refractivity contribution in [3.8, 4) is 0 Å². The molecule has 0 amide bonds. The van der Waals surface area contributed by atoms with Gasteiger partial charge in [-0.25, -0.2) is 9.59 Å². The highest BCUT2D eigenvalue weighted by atomic mass is 16.5. The molecule has 7 heteroatoms. The number of para-hydroxylation sites is 1. The number of carbonyl (C=O) groups excluding carboxylic acids is 2. The number of aliphatic hydroxyl groups excluding tert-OH is 1. The van der Waals surface area contributed by atoms with E-state index in [1.54, 1.807) is 30.9 Å². The number of carbonyl (C=O) groups is 2. The van der Waals surface area contributed by atoms with Crippen LogP contribution in [0.2, 0.25) is 0 Å². The van der Waals surface area contributed by atoms with E-state index in [0.717, 1.165) is 11.3 Å². The minimum atomic E-state index is -0.542. The van der Waals surface area contributed by atoms with Gasteiger partial charge in [0.15, 0.2) is 11.4 Å². The molecule has 1 N–H and O–H groups in total. The summed E-state index contributed by atoms with van der Waals surface area (Å²) in [4.78, 5) is 29.7. The summed E-state index contributed by atoms with van der Waals surface area (Å²) in [6, 6.07) is 16.5. The highest BCUT2D eigenvalue weighted by Crippen LogP contribution is 2.39. The van der Waals surface area contributed by atoms with E-state index in [0.29, 0.717) is 17.1 Å². The number of benzene rings is 2. The minimum absolute atomic E-state index is 0.0755. The summed E-state index contributed by atoms with van der Waals surface area (Å²) in [6.45, 7) is 7.42. The molecule has 2 aromatic carbocycles. The lowest BCUT2D eigenvalue weighted by Gasteiger charge is -2.40. The van der Waals surface area contributed by atoms with Crippen molar-refractivity contribution in [1.82, 2.24) is 0 Å². The van der Waals surface area contributed by atoms with E-state index >= 15 is 0 Å². The number of esters is 2. The first-order chi connectivity index (χ1) is 15.4. The Balaban J connectivity index is 2.28. The van der Waals surface area contributed by atoms with E-state index in [9.17, 15) is 14.7 Å². The Bertz CT molecular complexity index is 1000. The summed E-state index contributed by atoms with van der Waals surface area (Å²) in [7, 11) is 0. The van der Waals surface area contributed by atoms with Gasteiger partial charge in [-0.15, -0.1) is 0 Å². The number of aliphatic hydroxyl groups is 1. The van der Waals surface area contributed by atoms with Gasteiger partial charge in [0.05, 0.1) is 31.2 Å². The molecular formula is C25H28N2O5. The lowest BCUT2D eigenvalue weighted by atomic mass is 10.1. The summed E-state index contributed by atoms with van der Waals surface area (Å²) in [5.41, 5.74) is 3.83. The van der Waals surface area contributed by atoms with Crippen LogP contribution in [0, 0.1) is 0 Å². The van der Waals surface area contributed by atoms with Crippen molar-refractivity contribution in [1.29, 1.82) is 0 Å². The first-order valence-corrected chi connectivity index (χ1v) is 10.6. The van der Waals surface area contributed by atoms with Crippen LogP contribution < -0.4 is 9.80 Å². The van der Waals surface area contributed by atoms with E-state index in [2.05, 4.69) is 0 Å². The second kappa shape index (κ2) is 10.2. The minimum Gasteiger partial charge on any atom is -0.461 e. The topological polar surface area (TPSA) is 79.3 Å². The van der Waals surface area contributed by atoms with Crippen LogP contribution in [0.3, 0.4) is 0 Å². The maximum atomic E-state index is 13.1. The van der Waals surface area contributed by atoms with Crippen molar-refractivity contribution in [2.75, 3.05) is 23.0 Å². The lowest BCUT2D eigenvalue weighted by molar-refractivity contribution is -0.139. The van der Waals surface area contributed by atoms with Crippen LogP contribution in [0.1, 0.15) is 33.3 Å². The fourth-order valence-corrected chi connectivity index (χ4v) is 3.75. The van der Waals surface area contributed by atoms with Crippen LogP contribution in [-0.4, -0.2) is 30.3 Å². The second-order valence-electron chi connectivity index (χ2n) is 7.14.